The first kappa shape index (κ1) is 27.5. The Morgan fingerprint density at radius 3 is 1.84 bits per heavy atom. The summed E-state index contributed by atoms with van der Waals surface area (Å²) >= 11 is 0. The zero-order valence-electron chi connectivity index (χ0n) is 26.6. The van der Waals surface area contributed by atoms with Crippen LogP contribution in [0.3, 0.4) is 0 Å². The van der Waals surface area contributed by atoms with Gasteiger partial charge in [0.05, 0.1) is 22.2 Å². The predicted molar refractivity (Wildman–Crippen MR) is 205 cm³/mol. The normalized spacial score (nSPS) is 11.7. The fourth-order valence-electron chi connectivity index (χ4n) is 7.40. The zero-order chi connectivity index (χ0) is 32.3. The Kier molecular flexibility index (Phi) is 6.18. The fourth-order valence-corrected chi connectivity index (χ4v) is 7.40. The highest BCUT2D eigenvalue weighted by molar-refractivity contribution is 6.13. The molecule has 228 valence electrons. The van der Waals surface area contributed by atoms with Gasteiger partial charge < -0.3 is 0 Å². The van der Waals surface area contributed by atoms with Gasteiger partial charge in [-0.3, -0.25) is 4.57 Å². The standard InChI is InChI=1S/C46H29N3/c1-2-11-30(12-3-1)36-25-26-42-41(28-36)45(33-23-21-32(22-24-33)38-19-10-16-31-13-6-7-17-37(31)38)48-46(47-42)49-43-20-9-8-18-39(43)40-27-34-14-4-5-15-35(34)29-44(40)49/h1-29H. The summed E-state index contributed by atoms with van der Waals surface area (Å²) in [5.74, 6) is 0.662. The van der Waals surface area contributed by atoms with Crippen LogP contribution < -0.4 is 0 Å². The number of aromatic nitrogens is 3. The van der Waals surface area contributed by atoms with Crippen LogP contribution in [0.15, 0.2) is 176 Å². The molecular formula is C46H29N3. The van der Waals surface area contributed by atoms with Gasteiger partial charge in [0.15, 0.2) is 0 Å². The summed E-state index contributed by atoms with van der Waals surface area (Å²) < 4.78 is 2.23. The van der Waals surface area contributed by atoms with E-state index in [0.29, 0.717) is 5.95 Å². The molecule has 0 N–H and O–H groups in total. The Morgan fingerprint density at radius 1 is 0.347 bits per heavy atom. The van der Waals surface area contributed by atoms with Crippen molar-refractivity contribution in [3.8, 4) is 39.5 Å². The summed E-state index contributed by atoms with van der Waals surface area (Å²) in [7, 11) is 0. The van der Waals surface area contributed by atoms with E-state index in [0.717, 1.165) is 38.8 Å². The van der Waals surface area contributed by atoms with E-state index < -0.39 is 0 Å². The molecule has 10 rings (SSSR count). The van der Waals surface area contributed by atoms with Gasteiger partial charge in [-0.1, -0.05) is 146 Å². The van der Waals surface area contributed by atoms with E-state index in [4.69, 9.17) is 9.97 Å². The SMILES string of the molecule is c1ccc(-c2ccc3nc(-n4c5ccccc5c5cc6ccccc6cc54)nc(-c4ccc(-c5cccc6ccccc56)cc4)c3c2)cc1. The minimum absolute atomic E-state index is 0.662. The molecule has 0 saturated carbocycles. The van der Waals surface area contributed by atoms with E-state index in [1.165, 1.54) is 49.0 Å². The van der Waals surface area contributed by atoms with Crippen LogP contribution >= 0.6 is 0 Å². The van der Waals surface area contributed by atoms with Crippen molar-refractivity contribution in [3.63, 3.8) is 0 Å². The van der Waals surface area contributed by atoms with E-state index in [1.807, 2.05) is 0 Å². The summed E-state index contributed by atoms with van der Waals surface area (Å²) in [5.41, 5.74) is 9.76. The lowest BCUT2D eigenvalue weighted by Crippen LogP contribution is -2.03. The van der Waals surface area contributed by atoms with Crippen LogP contribution in [0.2, 0.25) is 0 Å². The number of fused-ring (bicyclic) bond motifs is 6. The number of benzene rings is 8. The molecule has 2 heterocycles. The predicted octanol–water partition coefficient (Wildman–Crippen LogP) is 12.0. The lowest BCUT2D eigenvalue weighted by molar-refractivity contribution is 1.01. The van der Waals surface area contributed by atoms with Gasteiger partial charge >= 0.3 is 0 Å². The third-order valence-corrected chi connectivity index (χ3v) is 9.79. The van der Waals surface area contributed by atoms with Crippen LogP contribution in [-0.4, -0.2) is 14.5 Å². The number of rotatable bonds is 4. The molecule has 8 aromatic carbocycles. The van der Waals surface area contributed by atoms with Crippen LogP contribution in [-0.2, 0) is 0 Å². The minimum Gasteiger partial charge on any atom is -0.278 e. The molecule has 0 aliphatic carbocycles. The Hall–Kier alpha value is -6.58. The zero-order valence-corrected chi connectivity index (χ0v) is 26.6. The molecule has 49 heavy (non-hydrogen) atoms. The van der Waals surface area contributed by atoms with E-state index in [2.05, 4.69) is 180 Å². The summed E-state index contributed by atoms with van der Waals surface area (Å²) in [4.78, 5) is 10.7. The van der Waals surface area contributed by atoms with Gasteiger partial charge in [-0.05, 0) is 74.1 Å². The number of hydrogen-bond acceptors (Lipinski definition) is 2. The van der Waals surface area contributed by atoms with Crippen LogP contribution in [0.1, 0.15) is 0 Å². The Balaban J connectivity index is 1.22. The first-order valence-corrected chi connectivity index (χ1v) is 16.7. The molecule has 0 bridgehead atoms. The van der Waals surface area contributed by atoms with Gasteiger partial charge in [-0.2, -0.15) is 0 Å². The van der Waals surface area contributed by atoms with Crippen LogP contribution in [0.5, 0.6) is 0 Å². The van der Waals surface area contributed by atoms with Crippen molar-refractivity contribution in [2.45, 2.75) is 0 Å². The van der Waals surface area contributed by atoms with Crippen LogP contribution in [0.4, 0.5) is 0 Å². The maximum absolute atomic E-state index is 5.43. The third-order valence-electron chi connectivity index (χ3n) is 9.79. The third kappa shape index (κ3) is 4.51. The molecule has 0 aliphatic heterocycles. The van der Waals surface area contributed by atoms with Crippen LogP contribution in [0, 0.1) is 0 Å². The summed E-state index contributed by atoms with van der Waals surface area (Å²) in [5, 5.41) is 8.30. The largest absolute Gasteiger partial charge is 0.278 e. The highest BCUT2D eigenvalue weighted by Crippen LogP contribution is 2.37. The van der Waals surface area contributed by atoms with Crippen molar-refractivity contribution in [3.05, 3.63) is 176 Å². The summed E-state index contributed by atoms with van der Waals surface area (Å²) in [6.07, 6.45) is 0. The maximum atomic E-state index is 5.43. The fraction of sp³-hybridized carbons (Fsp3) is 0. The van der Waals surface area contributed by atoms with Crippen molar-refractivity contribution in [2.24, 2.45) is 0 Å². The highest BCUT2D eigenvalue weighted by atomic mass is 15.2. The molecule has 3 heteroatoms. The Labute approximate surface area is 283 Å². The van der Waals surface area contributed by atoms with Gasteiger partial charge in [-0.15, -0.1) is 0 Å². The molecule has 0 amide bonds. The maximum Gasteiger partial charge on any atom is 0.235 e. The number of hydrogen-bond donors (Lipinski definition) is 0. The monoisotopic (exact) mass is 623 g/mol. The average Bonchev–Trinajstić information content (AvgIpc) is 3.49. The van der Waals surface area contributed by atoms with Gasteiger partial charge in [0.1, 0.15) is 0 Å². The van der Waals surface area contributed by atoms with Crippen molar-refractivity contribution in [1.82, 2.24) is 14.5 Å². The molecule has 0 aliphatic rings. The smallest absolute Gasteiger partial charge is 0.235 e. The van der Waals surface area contributed by atoms with Gasteiger partial charge in [0.2, 0.25) is 5.95 Å². The van der Waals surface area contributed by atoms with Crippen molar-refractivity contribution in [1.29, 1.82) is 0 Å². The molecule has 0 unspecified atom stereocenters. The quantitative estimate of drug-likeness (QED) is 0.195. The first-order valence-electron chi connectivity index (χ1n) is 16.7. The summed E-state index contributed by atoms with van der Waals surface area (Å²) in [6, 6.07) is 62.7. The topological polar surface area (TPSA) is 30.7 Å². The molecule has 0 radical (unpaired) electrons. The molecule has 10 aromatic rings. The van der Waals surface area contributed by atoms with Gasteiger partial charge in [-0.25, -0.2) is 9.97 Å². The minimum atomic E-state index is 0.662. The van der Waals surface area contributed by atoms with Gasteiger partial charge in [0.25, 0.3) is 0 Å². The van der Waals surface area contributed by atoms with E-state index >= 15 is 0 Å². The lowest BCUT2D eigenvalue weighted by atomic mass is 9.96. The van der Waals surface area contributed by atoms with E-state index in [1.54, 1.807) is 0 Å². The van der Waals surface area contributed by atoms with Gasteiger partial charge in [0, 0.05) is 21.7 Å². The van der Waals surface area contributed by atoms with E-state index in [-0.39, 0.29) is 0 Å². The Morgan fingerprint density at radius 2 is 1.00 bits per heavy atom. The second-order valence-corrected chi connectivity index (χ2v) is 12.6. The molecule has 0 fully saturated rings. The lowest BCUT2D eigenvalue weighted by Gasteiger charge is -2.14. The van der Waals surface area contributed by atoms with E-state index in [9.17, 15) is 0 Å². The Bertz CT molecular complexity index is 2860. The average molecular weight is 624 g/mol. The van der Waals surface area contributed by atoms with Crippen molar-refractivity contribution in [2.75, 3.05) is 0 Å². The van der Waals surface area contributed by atoms with Crippen molar-refractivity contribution < 1.29 is 0 Å². The molecule has 0 saturated heterocycles. The number of nitrogens with zero attached hydrogens (tertiary/aromatic N) is 3. The highest BCUT2D eigenvalue weighted by Gasteiger charge is 2.18. The van der Waals surface area contributed by atoms with Crippen molar-refractivity contribution >= 4 is 54.3 Å². The molecule has 0 atom stereocenters. The molecule has 2 aromatic heterocycles. The molecular weight excluding hydrogens is 595 g/mol. The summed E-state index contributed by atoms with van der Waals surface area (Å²) in [6.45, 7) is 0. The second kappa shape index (κ2) is 11.0. The molecule has 0 spiro atoms. The number of para-hydroxylation sites is 1. The van der Waals surface area contributed by atoms with Crippen LogP contribution in [0.25, 0.3) is 93.7 Å². The first-order chi connectivity index (χ1) is 24.3. The second-order valence-electron chi connectivity index (χ2n) is 12.6. The molecule has 3 nitrogen and oxygen atoms in total.